The molecular weight excluding hydrogens is 843 g/mol. The van der Waals surface area contributed by atoms with E-state index in [0.29, 0.717) is 29.6 Å². The van der Waals surface area contributed by atoms with Crippen LogP contribution in [0, 0.1) is 13.8 Å². The Kier molecular flexibility index (Phi) is 22.9. The zero-order valence-electron chi connectivity index (χ0n) is 31.5. The van der Waals surface area contributed by atoms with Gasteiger partial charge in [-0.1, -0.05) is 14.9 Å². The van der Waals surface area contributed by atoms with Gasteiger partial charge in [-0.25, -0.2) is 9.59 Å². The summed E-state index contributed by atoms with van der Waals surface area (Å²) in [5, 5.41) is 28.7. The summed E-state index contributed by atoms with van der Waals surface area (Å²) in [6, 6.07) is 19.2. The first-order valence-electron chi connectivity index (χ1n) is 17.4. The minimum Gasteiger partial charge on any atom is -0.491 e. The molecule has 0 heterocycles. The van der Waals surface area contributed by atoms with E-state index in [1.807, 2.05) is 25.1 Å². The van der Waals surface area contributed by atoms with Crippen molar-refractivity contribution in [3.63, 3.8) is 0 Å². The number of aryl methyl sites for hydroxylation is 2. The molecule has 0 saturated heterocycles. The number of carbonyl (C=O) groups excluding carboxylic acids is 1. The largest absolute Gasteiger partial charge is 0.491 e. The fourth-order valence-electron chi connectivity index (χ4n) is 4.57. The molecular formula is C42H50F6O10S2. The number of ether oxygens (including phenoxy) is 5. The van der Waals surface area contributed by atoms with Crippen LogP contribution in [-0.2, 0) is 26.7 Å². The molecule has 0 aromatic heterocycles. The van der Waals surface area contributed by atoms with Crippen molar-refractivity contribution in [2.75, 3.05) is 44.5 Å². The lowest BCUT2D eigenvalue weighted by atomic mass is 10.2. The smallest absolute Gasteiger partial charge is 0.416 e. The minimum absolute atomic E-state index is 0. The molecule has 0 saturated carbocycles. The molecule has 0 amide bonds. The molecule has 4 aromatic rings. The maximum atomic E-state index is 12.5. The Bertz CT molecular complexity index is 1890. The van der Waals surface area contributed by atoms with Gasteiger partial charge < -0.3 is 39.0 Å². The van der Waals surface area contributed by atoms with E-state index in [4.69, 9.17) is 28.8 Å². The molecule has 2 atom stereocenters. The highest BCUT2D eigenvalue weighted by Gasteiger charge is 2.31. The van der Waals surface area contributed by atoms with Crippen LogP contribution in [-0.4, -0.2) is 84.0 Å². The number of carbonyl (C=O) groups is 2. The van der Waals surface area contributed by atoms with Crippen LogP contribution >= 0.6 is 23.5 Å². The van der Waals surface area contributed by atoms with Crippen LogP contribution in [0.3, 0.4) is 0 Å². The number of carboxylic acids is 1. The van der Waals surface area contributed by atoms with Crippen LogP contribution in [0.1, 0.15) is 44.0 Å². The first-order chi connectivity index (χ1) is 27.3. The number of alkyl halides is 6. The van der Waals surface area contributed by atoms with Gasteiger partial charge in [0.15, 0.2) is 13.2 Å². The average molecular weight is 893 g/mol. The van der Waals surface area contributed by atoms with Crippen LogP contribution in [0.25, 0.3) is 0 Å². The average Bonchev–Trinajstić information content (AvgIpc) is 3.17. The minimum atomic E-state index is -4.40. The number of thioether (sulfide) groups is 2. The topological polar surface area (TPSA) is 141 Å². The van der Waals surface area contributed by atoms with E-state index >= 15 is 0 Å². The molecule has 0 fully saturated rings. The monoisotopic (exact) mass is 892 g/mol. The molecule has 0 unspecified atom stereocenters. The fourth-order valence-corrected chi connectivity index (χ4v) is 6.38. The summed E-state index contributed by atoms with van der Waals surface area (Å²) in [4.78, 5) is 23.6. The summed E-state index contributed by atoms with van der Waals surface area (Å²) in [6.07, 6.45) is -10.4. The Hall–Kier alpha value is -4.78. The molecule has 0 aliphatic carbocycles. The zero-order valence-corrected chi connectivity index (χ0v) is 33.1. The summed E-state index contributed by atoms with van der Waals surface area (Å²) in [5.41, 5.74) is 0.0830. The van der Waals surface area contributed by atoms with E-state index in [1.165, 1.54) is 47.8 Å². The number of rotatable bonds is 19. The lowest BCUT2D eigenvalue weighted by Gasteiger charge is -2.14. The number of aliphatic carboxylic acids is 1. The van der Waals surface area contributed by atoms with Crippen molar-refractivity contribution in [1.82, 2.24) is 0 Å². The summed E-state index contributed by atoms with van der Waals surface area (Å²) >= 11 is 2.77. The molecule has 0 aliphatic rings. The number of halogens is 6. The Balaban J connectivity index is 0.000000582. The van der Waals surface area contributed by atoms with Crippen LogP contribution in [0.15, 0.2) is 94.7 Å². The molecule has 332 valence electrons. The van der Waals surface area contributed by atoms with Crippen molar-refractivity contribution in [3.8, 4) is 23.0 Å². The van der Waals surface area contributed by atoms with Gasteiger partial charge in [0.05, 0.1) is 29.9 Å². The number of hydrogen-bond acceptors (Lipinski definition) is 11. The standard InChI is InChI=1S/C21H23F3O5S.C19H19F3O5S.2CH4/c1-3-27-20(26)12-29-19-9-8-18(10-14(19)2)30-13-16(25)11-28-17-6-4-15(5-7-17)21(22,23)24;1-12-8-16(6-7-17(12)27-10-18(24)25)28-11-14(23)9-26-15-4-2-13(3-5-15)19(20,21)22;;/h4-10,16,25H,3,11-13H2,1-2H3;2-8,14,23H,9-11H2,1H3,(H,24,25);2*1H4/t16-;14-;;/m11../s1. The van der Waals surface area contributed by atoms with E-state index in [1.54, 1.807) is 32.0 Å². The number of aliphatic hydroxyl groups excluding tert-OH is 2. The summed E-state index contributed by atoms with van der Waals surface area (Å²) in [7, 11) is 0. The third kappa shape index (κ3) is 19.5. The van der Waals surface area contributed by atoms with Crippen molar-refractivity contribution in [1.29, 1.82) is 0 Å². The van der Waals surface area contributed by atoms with Crippen molar-refractivity contribution < 1.29 is 74.9 Å². The van der Waals surface area contributed by atoms with Crippen molar-refractivity contribution >= 4 is 35.5 Å². The first kappa shape index (κ1) is 53.2. The van der Waals surface area contributed by atoms with Gasteiger partial charge in [-0.05, 0) is 117 Å². The second-order valence-corrected chi connectivity index (χ2v) is 14.4. The fraction of sp³-hybridized carbons (Fsp3) is 0.381. The van der Waals surface area contributed by atoms with Gasteiger partial charge >= 0.3 is 24.3 Å². The van der Waals surface area contributed by atoms with Crippen LogP contribution < -0.4 is 18.9 Å². The Labute approximate surface area is 354 Å². The normalized spacial score (nSPS) is 12.0. The van der Waals surface area contributed by atoms with Gasteiger partial charge in [0.25, 0.3) is 0 Å². The third-order valence-electron chi connectivity index (χ3n) is 7.43. The van der Waals surface area contributed by atoms with Gasteiger partial charge in [-0.3, -0.25) is 0 Å². The molecule has 10 nitrogen and oxygen atoms in total. The van der Waals surface area contributed by atoms with E-state index < -0.39 is 54.2 Å². The number of benzene rings is 4. The van der Waals surface area contributed by atoms with Crippen LogP contribution in [0.5, 0.6) is 23.0 Å². The third-order valence-corrected chi connectivity index (χ3v) is 9.71. The summed E-state index contributed by atoms with van der Waals surface area (Å²) < 4.78 is 101. The van der Waals surface area contributed by atoms with E-state index in [-0.39, 0.29) is 46.2 Å². The molecule has 4 rings (SSSR count). The molecule has 0 aliphatic heterocycles. The highest BCUT2D eigenvalue weighted by Crippen LogP contribution is 2.32. The van der Waals surface area contributed by atoms with Gasteiger partial charge in [-0.15, -0.1) is 23.5 Å². The van der Waals surface area contributed by atoms with Crippen molar-refractivity contribution in [2.45, 2.75) is 70.0 Å². The Morgan fingerprint density at radius 1 is 0.617 bits per heavy atom. The lowest BCUT2D eigenvalue weighted by molar-refractivity contribution is -0.145. The van der Waals surface area contributed by atoms with E-state index in [2.05, 4.69) is 0 Å². The van der Waals surface area contributed by atoms with Crippen molar-refractivity contribution in [3.05, 3.63) is 107 Å². The quantitative estimate of drug-likeness (QED) is 0.0469. The second kappa shape index (κ2) is 25.8. The molecule has 3 N–H and O–H groups in total. The van der Waals surface area contributed by atoms with Gasteiger partial charge in [-0.2, -0.15) is 26.3 Å². The number of esters is 1. The maximum absolute atomic E-state index is 12.5. The zero-order chi connectivity index (χ0) is 42.9. The summed E-state index contributed by atoms with van der Waals surface area (Å²) in [5.74, 6) is 0.689. The van der Waals surface area contributed by atoms with Gasteiger partial charge in [0, 0.05) is 21.3 Å². The molecule has 4 aromatic carbocycles. The summed E-state index contributed by atoms with van der Waals surface area (Å²) in [6.45, 7) is 4.95. The Morgan fingerprint density at radius 3 is 1.33 bits per heavy atom. The van der Waals surface area contributed by atoms with Gasteiger partial charge in [0.1, 0.15) is 36.2 Å². The van der Waals surface area contributed by atoms with Crippen molar-refractivity contribution in [2.24, 2.45) is 0 Å². The molecule has 60 heavy (non-hydrogen) atoms. The molecule has 0 spiro atoms. The van der Waals surface area contributed by atoms with E-state index in [9.17, 15) is 46.1 Å². The Morgan fingerprint density at radius 2 is 1.00 bits per heavy atom. The highest BCUT2D eigenvalue weighted by molar-refractivity contribution is 7.99. The van der Waals surface area contributed by atoms with E-state index in [0.717, 1.165) is 45.2 Å². The second-order valence-electron chi connectivity index (χ2n) is 12.2. The number of aliphatic hydroxyl groups is 2. The maximum Gasteiger partial charge on any atom is 0.416 e. The predicted molar refractivity (Wildman–Crippen MR) is 218 cm³/mol. The number of carboxylic acid groups (broad SMARTS) is 1. The molecule has 18 heteroatoms. The predicted octanol–water partition coefficient (Wildman–Crippen LogP) is 9.77. The highest BCUT2D eigenvalue weighted by atomic mass is 32.2. The molecule has 0 radical (unpaired) electrons. The van der Waals surface area contributed by atoms with Gasteiger partial charge in [0.2, 0.25) is 0 Å². The van der Waals surface area contributed by atoms with Crippen LogP contribution in [0.4, 0.5) is 26.3 Å². The van der Waals surface area contributed by atoms with Crippen LogP contribution in [0.2, 0.25) is 0 Å². The molecule has 0 bridgehead atoms. The lowest BCUT2D eigenvalue weighted by Crippen LogP contribution is -2.20. The first-order valence-corrected chi connectivity index (χ1v) is 19.4. The number of hydrogen-bond donors (Lipinski definition) is 3. The SMILES string of the molecule is C.C.CCOC(=O)COc1ccc(SC[C@H](O)COc2ccc(C(F)(F)F)cc2)cc1C.Cc1cc(SC[C@H](O)COc2ccc(C(F)(F)F)cc2)ccc1OCC(=O)O.